The second-order valence-electron chi connectivity index (χ2n) is 10.2. The van der Waals surface area contributed by atoms with Gasteiger partial charge in [0, 0.05) is 39.1 Å². The number of imidazole rings is 2. The van der Waals surface area contributed by atoms with E-state index in [1.54, 1.807) is 42.4 Å². The largest absolute Gasteiger partial charge is 0.453 e. The van der Waals surface area contributed by atoms with Gasteiger partial charge in [-0.2, -0.15) is 9.97 Å². The van der Waals surface area contributed by atoms with E-state index in [2.05, 4.69) is 9.97 Å². The lowest BCUT2D eigenvalue weighted by Crippen LogP contribution is -2.44. The van der Waals surface area contributed by atoms with Crippen LogP contribution in [-0.4, -0.2) is 91.3 Å². The van der Waals surface area contributed by atoms with Crippen molar-refractivity contribution >= 4 is 40.0 Å². The number of benzene rings is 1. The molecule has 14 heteroatoms. The summed E-state index contributed by atoms with van der Waals surface area (Å²) in [6, 6.07) is 6.91. The van der Waals surface area contributed by atoms with Crippen molar-refractivity contribution in [3.05, 3.63) is 36.4 Å². The molecule has 0 spiro atoms. The minimum atomic E-state index is -2.84. The number of hydrogen-bond acceptors (Lipinski definition) is 9. The van der Waals surface area contributed by atoms with Crippen molar-refractivity contribution in [1.29, 1.82) is 0 Å². The Morgan fingerprint density at radius 2 is 1.78 bits per heavy atom. The van der Waals surface area contributed by atoms with Crippen molar-refractivity contribution in [2.75, 3.05) is 44.3 Å². The predicted molar refractivity (Wildman–Crippen MR) is 144 cm³/mol. The average molecular weight is 569 g/mol. The van der Waals surface area contributed by atoms with Crippen molar-refractivity contribution in [1.82, 2.24) is 34.0 Å². The van der Waals surface area contributed by atoms with Crippen molar-refractivity contribution in [3.8, 4) is 5.82 Å². The first-order chi connectivity index (χ1) is 19.8. The molecule has 12 nitrogen and oxygen atoms in total. The molecule has 6 rings (SSSR count). The fourth-order valence-electron chi connectivity index (χ4n) is 5.55. The van der Waals surface area contributed by atoms with E-state index < -0.39 is 24.3 Å². The van der Waals surface area contributed by atoms with Gasteiger partial charge in [0.2, 0.25) is 5.95 Å². The summed E-state index contributed by atoms with van der Waals surface area (Å²) in [5.41, 5.74) is 1.84. The van der Waals surface area contributed by atoms with Crippen LogP contribution in [0.5, 0.6) is 0 Å². The van der Waals surface area contributed by atoms with E-state index in [-0.39, 0.29) is 17.8 Å². The van der Waals surface area contributed by atoms with Crippen LogP contribution in [0.25, 0.3) is 28.0 Å². The van der Waals surface area contributed by atoms with E-state index in [0.29, 0.717) is 80.4 Å². The molecule has 2 aliphatic heterocycles. The van der Waals surface area contributed by atoms with Crippen molar-refractivity contribution in [3.63, 3.8) is 0 Å². The van der Waals surface area contributed by atoms with Crippen LogP contribution in [0.15, 0.2) is 30.6 Å². The predicted octanol–water partition coefficient (Wildman–Crippen LogP) is 3.05. The monoisotopic (exact) mass is 568 g/mol. The number of halogens is 2. The maximum Gasteiger partial charge on any atom is 0.303 e. The van der Waals surface area contributed by atoms with Crippen LogP contribution in [0.1, 0.15) is 45.0 Å². The van der Waals surface area contributed by atoms with Gasteiger partial charge in [-0.25, -0.2) is 18.7 Å². The van der Waals surface area contributed by atoms with E-state index >= 15 is 0 Å². The lowest BCUT2D eigenvalue weighted by Gasteiger charge is -2.34. The number of para-hydroxylation sites is 2. The van der Waals surface area contributed by atoms with Gasteiger partial charge in [-0.05, 0) is 31.9 Å². The molecule has 5 heterocycles. The molecule has 0 N–H and O–H groups in total. The number of carbonyl (C=O) groups excluding carboxylic acids is 2. The van der Waals surface area contributed by atoms with Gasteiger partial charge in [0.25, 0.3) is 12.3 Å². The maximum atomic E-state index is 14.3. The van der Waals surface area contributed by atoms with Gasteiger partial charge in [-0.1, -0.05) is 12.1 Å². The van der Waals surface area contributed by atoms with Crippen LogP contribution in [-0.2, 0) is 19.1 Å². The summed E-state index contributed by atoms with van der Waals surface area (Å²) < 4.78 is 42.5. The SMILES string of the molecule is CC(=O)O[C@H](C)C(=O)N1CCC(n2cnc3c(-n4c(C(F)F)nc5ccccc54)nc(N4CCOCC4)nc32)CC1. The number of morpholine rings is 1. The molecule has 2 saturated heterocycles. The summed E-state index contributed by atoms with van der Waals surface area (Å²) >= 11 is 0. The highest BCUT2D eigenvalue weighted by molar-refractivity contribution is 5.86. The Morgan fingerprint density at radius 3 is 2.49 bits per heavy atom. The van der Waals surface area contributed by atoms with Gasteiger partial charge in [0.15, 0.2) is 28.9 Å². The number of esters is 1. The number of piperidine rings is 1. The lowest BCUT2D eigenvalue weighted by molar-refractivity contribution is -0.158. The van der Waals surface area contributed by atoms with Crippen LogP contribution in [0, 0.1) is 0 Å². The van der Waals surface area contributed by atoms with Crippen LogP contribution in [0.4, 0.5) is 14.7 Å². The Hall–Kier alpha value is -4.20. The molecule has 1 amide bonds. The fourth-order valence-corrected chi connectivity index (χ4v) is 5.55. The lowest BCUT2D eigenvalue weighted by atomic mass is 10.0. The third kappa shape index (κ3) is 5.07. The molecule has 216 valence electrons. The average Bonchev–Trinajstić information content (AvgIpc) is 3.59. The molecule has 2 aliphatic rings. The summed E-state index contributed by atoms with van der Waals surface area (Å²) in [7, 11) is 0. The number of amides is 1. The normalized spacial score (nSPS) is 17.5. The molecular formula is C27H30F2N8O4. The molecule has 0 bridgehead atoms. The third-order valence-electron chi connectivity index (χ3n) is 7.54. The van der Waals surface area contributed by atoms with Gasteiger partial charge >= 0.3 is 5.97 Å². The maximum absolute atomic E-state index is 14.3. The molecule has 1 aromatic carbocycles. The molecule has 41 heavy (non-hydrogen) atoms. The summed E-state index contributed by atoms with van der Waals surface area (Å²) in [6.45, 7) is 5.90. The number of alkyl halides is 2. The first-order valence-corrected chi connectivity index (χ1v) is 13.6. The van der Waals surface area contributed by atoms with Gasteiger partial charge in [-0.3, -0.25) is 14.2 Å². The highest BCUT2D eigenvalue weighted by atomic mass is 19.3. The highest BCUT2D eigenvalue weighted by Gasteiger charge is 2.31. The second-order valence-corrected chi connectivity index (χ2v) is 10.2. The van der Waals surface area contributed by atoms with Gasteiger partial charge < -0.3 is 23.8 Å². The van der Waals surface area contributed by atoms with E-state index in [0.717, 1.165) is 0 Å². The van der Waals surface area contributed by atoms with Crippen LogP contribution < -0.4 is 4.90 Å². The molecule has 0 aliphatic carbocycles. The highest BCUT2D eigenvalue weighted by Crippen LogP contribution is 2.33. The smallest absolute Gasteiger partial charge is 0.303 e. The molecule has 1 atom stereocenters. The summed E-state index contributed by atoms with van der Waals surface area (Å²) in [5.74, 6) is -0.513. The molecular weight excluding hydrogens is 538 g/mol. The Bertz CT molecular complexity index is 1590. The molecule has 0 radical (unpaired) electrons. The Labute approximate surface area is 233 Å². The molecule has 0 unspecified atom stereocenters. The second kappa shape index (κ2) is 11.0. The van der Waals surface area contributed by atoms with Crippen LogP contribution >= 0.6 is 0 Å². The number of fused-ring (bicyclic) bond motifs is 2. The number of nitrogens with zero attached hydrogens (tertiary/aromatic N) is 8. The van der Waals surface area contributed by atoms with Crippen LogP contribution in [0.3, 0.4) is 0 Å². The number of carbonyl (C=O) groups is 2. The molecule has 0 saturated carbocycles. The van der Waals surface area contributed by atoms with Gasteiger partial charge in [0.1, 0.15) is 0 Å². The van der Waals surface area contributed by atoms with E-state index in [1.165, 1.54) is 11.5 Å². The number of aromatic nitrogens is 6. The molecule has 4 aromatic rings. The standard InChI is InChI=1S/C27H30F2N8O4/c1-16(41-17(2)38)26(39)34-9-7-18(8-10-34)36-15-30-21-23(36)32-27(35-11-13-40-14-12-35)33-24(21)37-20-6-4-3-5-19(20)31-25(37)22(28)29/h3-6,15-16,18,22H,7-14H2,1-2H3/t16-/m1/s1. The van der Waals surface area contributed by atoms with E-state index in [9.17, 15) is 18.4 Å². The minimum absolute atomic E-state index is 0.0394. The number of rotatable bonds is 6. The van der Waals surface area contributed by atoms with Crippen molar-refractivity contribution < 1.29 is 27.8 Å². The van der Waals surface area contributed by atoms with Gasteiger partial charge in [-0.15, -0.1) is 0 Å². The zero-order valence-corrected chi connectivity index (χ0v) is 22.7. The van der Waals surface area contributed by atoms with E-state index in [4.69, 9.17) is 19.4 Å². The zero-order chi connectivity index (χ0) is 28.7. The first-order valence-electron chi connectivity index (χ1n) is 13.6. The fraction of sp³-hybridized carbons (Fsp3) is 0.481. The van der Waals surface area contributed by atoms with Crippen LogP contribution in [0.2, 0.25) is 0 Å². The Kier molecular flexibility index (Phi) is 7.24. The first kappa shape index (κ1) is 27.0. The molecule has 2 fully saturated rings. The number of ether oxygens (including phenoxy) is 2. The minimum Gasteiger partial charge on any atom is -0.453 e. The van der Waals surface area contributed by atoms with Crippen molar-refractivity contribution in [2.45, 2.75) is 45.3 Å². The number of likely N-dealkylation sites (tertiary alicyclic amines) is 1. The van der Waals surface area contributed by atoms with Gasteiger partial charge in [0.05, 0.1) is 30.6 Å². The number of anilines is 1. The Balaban J connectivity index is 1.40. The summed E-state index contributed by atoms with van der Waals surface area (Å²) in [6.07, 6.45) is -0.786. The number of hydrogen-bond donors (Lipinski definition) is 0. The summed E-state index contributed by atoms with van der Waals surface area (Å²) in [4.78, 5) is 46.2. The third-order valence-corrected chi connectivity index (χ3v) is 7.54. The summed E-state index contributed by atoms with van der Waals surface area (Å²) in [5, 5.41) is 0. The quantitative estimate of drug-likeness (QED) is 0.323. The Morgan fingerprint density at radius 1 is 1.05 bits per heavy atom. The topological polar surface area (TPSA) is 121 Å². The van der Waals surface area contributed by atoms with E-state index in [1.807, 2.05) is 9.47 Å². The van der Waals surface area contributed by atoms with Crippen molar-refractivity contribution in [2.24, 2.45) is 0 Å². The zero-order valence-electron chi connectivity index (χ0n) is 22.7. The molecule has 3 aromatic heterocycles.